The minimum absolute atomic E-state index is 0.0778. The van der Waals surface area contributed by atoms with Crippen LogP contribution in [0.15, 0.2) is 96.0 Å². The van der Waals surface area contributed by atoms with Crippen LogP contribution in [0, 0.1) is 5.41 Å². The maximum Gasteiger partial charge on any atom is 0.136 e. The van der Waals surface area contributed by atoms with E-state index in [0.717, 1.165) is 12.4 Å². The molecule has 32 heavy (non-hydrogen) atoms. The fraction of sp³-hybridized carbons (Fsp3) is 0.321. The Morgan fingerprint density at radius 1 is 0.750 bits per heavy atom. The van der Waals surface area contributed by atoms with Crippen molar-refractivity contribution in [1.82, 2.24) is 0 Å². The maximum atomic E-state index is 7.00. The minimum Gasteiger partial charge on any atom is -0.336 e. The molecule has 4 rings (SSSR count). The lowest BCUT2D eigenvalue weighted by atomic mass is 9.87. The lowest BCUT2D eigenvalue weighted by molar-refractivity contribution is 0.210. The van der Waals surface area contributed by atoms with Gasteiger partial charge < -0.3 is 9.42 Å². The molecule has 0 saturated heterocycles. The first-order valence-corrected chi connectivity index (χ1v) is 12.5. The predicted octanol–water partition coefficient (Wildman–Crippen LogP) is 6.16. The summed E-state index contributed by atoms with van der Waals surface area (Å²) < 4.78 is 7.00. The van der Waals surface area contributed by atoms with Crippen LogP contribution in [0.2, 0.25) is 0 Å². The molecule has 1 heterocycles. The molecule has 1 aliphatic rings. The molecule has 166 valence electrons. The first-order valence-electron chi connectivity index (χ1n) is 11.3. The van der Waals surface area contributed by atoms with Crippen LogP contribution in [-0.2, 0) is 4.52 Å². The Bertz CT molecular complexity index is 1000. The third kappa shape index (κ3) is 4.95. The Kier molecular flexibility index (Phi) is 6.51. The fourth-order valence-corrected chi connectivity index (χ4v) is 5.88. The number of benzene rings is 3. The predicted molar refractivity (Wildman–Crippen MR) is 139 cm³/mol. The van der Waals surface area contributed by atoms with Gasteiger partial charge in [0.05, 0.1) is 14.2 Å². The molecule has 0 fully saturated rings. The molecule has 0 amide bonds. The Morgan fingerprint density at radius 2 is 1.22 bits per heavy atom. The van der Waals surface area contributed by atoms with Gasteiger partial charge in [-0.15, -0.1) is 0 Å². The number of rotatable bonds is 6. The number of amidine groups is 1. The molecule has 1 aliphatic heterocycles. The molecule has 0 saturated carbocycles. The second-order valence-corrected chi connectivity index (χ2v) is 11.7. The van der Waals surface area contributed by atoms with Crippen LogP contribution < -0.4 is 15.5 Å². The Labute approximate surface area is 194 Å². The van der Waals surface area contributed by atoms with E-state index in [0.29, 0.717) is 0 Å². The van der Waals surface area contributed by atoms with E-state index in [4.69, 9.17) is 9.52 Å². The zero-order valence-electron chi connectivity index (χ0n) is 19.7. The van der Waals surface area contributed by atoms with E-state index in [2.05, 4.69) is 131 Å². The standard InChI is InChI=1S/C28H33N2OP/c1-27(2,3)25-21-30(22-15-9-6-10-16-22)26(29-25)28(4,5)31-32(23-17-11-7-12-18-23)24-19-13-8-14-20-24/h6-20,25H,21H2,1-5H3. The highest BCUT2D eigenvalue weighted by Gasteiger charge is 2.42. The van der Waals surface area contributed by atoms with E-state index in [-0.39, 0.29) is 11.5 Å². The summed E-state index contributed by atoms with van der Waals surface area (Å²) in [6, 6.07) is 31.9. The topological polar surface area (TPSA) is 24.8 Å². The van der Waals surface area contributed by atoms with Crippen LogP contribution in [0.5, 0.6) is 0 Å². The SMILES string of the molecule is CC(C)(OP(c1ccccc1)c1ccccc1)C1=NC(C(C)(C)C)CN1c1ccccc1. The number of aliphatic imine (C=N–C) groups is 1. The van der Waals surface area contributed by atoms with Crippen LogP contribution in [-0.4, -0.2) is 24.0 Å². The molecule has 3 aromatic carbocycles. The monoisotopic (exact) mass is 444 g/mol. The van der Waals surface area contributed by atoms with E-state index < -0.39 is 13.7 Å². The molecule has 0 spiro atoms. The second-order valence-electron chi connectivity index (χ2n) is 9.85. The van der Waals surface area contributed by atoms with Crippen molar-refractivity contribution in [3.8, 4) is 0 Å². The van der Waals surface area contributed by atoms with Gasteiger partial charge in [0, 0.05) is 22.8 Å². The van der Waals surface area contributed by atoms with Crippen LogP contribution in [0.1, 0.15) is 34.6 Å². The zero-order valence-corrected chi connectivity index (χ0v) is 20.6. The van der Waals surface area contributed by atoms with Gasteiger partial charge in [0.15, 0.2) is 0 Å². The van der Waals surface area contributed by atoms with E-state index in [1.54, 1.807) is 0 Å². The molecule has 0 radical (unpaired) electrons. The average molecular weight is 445 g/mol. The molecule has 3 aromatic rings. The van der Waals surface area contributed by atoms with E-state index in [1.807, 2.05) is 0 Å². The molecule has 0 aliphatic carbocycles. The van der Waals surface area contributed by atoms with Crippen molar-refractivity contribution in [2.24, 2.45) is 10.4 Å². The van der Waals surface area contributed by atoms with Crippen molar-refractivity contribution in [3.63, 3.8) is 0 Å². The number of hydrogen-bond acceptors (Lipinski definition) is 3. The summed E-state index contributed by atoms with van der Waals surface area (Å²) in [4.78, 5) is 7.60. The summed E-state index contributed by atoms with van der Waals surface area (Å²) in [6.07, 6.45) is 0. The first-order chi connectivity index (χ1) is 15.3. The molecule has 0 bridgehead atoms. The van der Waals surface area contributed by atoms with Crippen molar-refractivity contribution in [3.05, 3.63) is 91.0 Å². The van der Waals surface area contributed by atoms with Crippen molar-refractivity contribution in [2.45, 2.75) is 46.3 Å². The smallest absolute Gasteiger partial charge is 0.136 e. The summed E-state index contributed by atoms with van der Waals surface area (Å²) in [7, 11) is -0.993. The molecular weight excluding hydrogens is 411 g/mol. The van der Waals surface area contributed by atoms with Gasteiger partial charge in [0.1, 0.15) is 11.4 Å². The van der Waals surface area contributed by atoms with Crippen molar-refractivity contribution >= 4 is 30.3 Å². The van der Waals surface area contributed by atoms with E-state index in [9.17, 15) is 0 Å². The molecule has 1 unspecified atom stereocenters. The van der Waals surface area contributed by atoms with Crippen LogP contribution >= 0.6 is 8.15 Å². The lowest BCUT2D eigenvalue weighted by Gasteiger charge is -2.35. The second kappa shape index (κ2) is 9.17. The molecular formula is C28H33N2OP. The molecule has 0 aromatic heterocycles. The van der Waals surface area contributed by atoms with Gasteiger partial charge >= 0.3 is 0 Å². The fourth-order valence-electron chi connectivity index (χ4n) is 3.95. The van der Waals surface area contributed by atoms with Gasteiger partial charge in [0.25, 0.3) is 0 Å². The summed E-state index contributed by atoms with van der Waals surface area (Å²) in [5, 5.41) is 2.41. The Balaban J connectivity index is 1.73. The number of anilines is 1. The highest BCUT2D eigenvalue weighted by molar-refractivity contribution is 7.68. The largest absolute Gasteiger partial charge is 0.336 e. The van der Waals surface area contributed by atoms with Gasteiger partial charge in [-0.05, 0) is 31.4 Å². The van der Waals surface area contributed by atoms with E-state index in [1.165, 1.54) is 16.3 Å². The lowest BCUT2D eigenvalue weighted by Crippen LogP contribution is -2.45. The third-order valence-electron chi connectivity index (χ3n) is 5.80. The van der Waals surface area contributed by atoms with Gasteiger partial charge in [-0.25, -0.2) is 0 Å². The molecule has 4 heteroatoms. The highest BCUT2D eigenvalue weighted by Crippen LogP contribution is 2.43. The first kappa shape index (κ1) is 22.7. The van der Waals surface area contributed by atoms with Gasteiger partial charge in [-0.2, -0.15) is 0 Å². The summed E-state index contributed by atoms with van der Waals surface area (Å²) in [5.74, 6) is 1.00. The Morgan fingerprint density at radius 3 is 1.69 bits per heavy atom. The number of nitrogens with zero attached hydrogens (tertiary/aromatic N) is 2. The summed E-state index contributed by atoms with van der Waals surface area (Å²) in [5.41, 5.74) is 0.681. The highest BCUT2D eigenvalue weighted by atomic mass is 31.1. The summed E-state index contributed by atoms with van der Waals surface area (Å²) in [6.45, 7) is 12.0. The van der Waals surface area contributed by atoms with E-state index >= 15 is 0 Å². The van der Waals surface area contributed by atoms with Gasteiger partial charge in [-0.1, -0.05) is 99.6 Å². The Hall–Kier alpha value is -2.48. The maximum absolute atomic E-state index is 7.00. The minimum atomic E-state index is -0.993. The van der Waals surface area contributed by atoms with Crippen molar-refractivity contribution in [2.75, 3.05) is 11.4 Å². The van der Waals surface area contributed by atoms with Gasteiger partial charge in [-0.3, -0.25) is 4.99 Å². The average Bonchev–Trinajstić information content (AvgIpc) is 3.27. The third-order valence-corrected chi connectivity index (χ3v) is 7.97. The zero-order chi connectivity index (χ0) is 22.8. The van der Waals surface area contributed by atoms with Crippen molar-refractivity contribution < 1.29 is 4.52 Å². The number of para-hydroxylation sites is 1. The molecule has 3 nitrogen and oxygen atoms in total. The van der Waals surface area contributed by atoms with Crippen molar-refractivity contribution in [1.29, 1.82) is 0 Å². The molecule has 0 N–H and O–H groups in total. The summed E-state index contributed by atoms with van der Waals surface area (Å²) >= 11 is 0. The number of hydrogen-bond donors (Lipinski definition) is 0. The van der Waals surface area contributed by atoms with Gasteiger partial charge in [0.2, 0.25) is 0 Å². The molecule has 1 atom stereocenters. The van der Waals surface area contributed by atoms with Crippen LogP contribution in [0.25, 0.3) is 0 Å². The van der Waals surface area contributed by atoms with Crippen LogP contribution in [0.4, 0.5) is 5.69 Å². The quantitative estimate of drug-likeness (QED) is 0.425. The normalized spacial score (nSPS) is 17.0. The van der Waals surface area contributed by atoms with Crippen LogP contribution in [0.3, 0.4) is 0 Å².